The summed E-state index contributed by atoms with van der Waals surface area (Å²) >= 11 is 0. The fourth-order valence-electron chi connectivity index (χ4n) is 6.99. The molecule has 0 aromatic carbocycles. The molecule has 59 heavy (non-hydrogen) atoms. The van der Waals surface area contributed by atoms with Gasteiger partial charge in [0.2, 0.25) is 0 Å². The van der Waals surface area contributed by atoms with Gasteiger partial charge in [-0.25, -0.2) is 0 Å². The Labute approximate surface area is 360 Å². The Bertz CT molecular complexity index is 1080. The van der Waals surface area contributed by atoms with Crippen molar-refractivity contribution in [3.63, 3.8) is 0 Å². The minimum Gasteiger partial charge on any atom is -0.457 e. The van der Waals surface area contributed by atoms with E-state index in [1.54, 1.807) is 0 Å². The van der Waals surface area contributed by atoms with Crippen molar-refractivity contribution < 1.29 is 44.2 Å². The summed E-state index contributed by atoms with van der Waals surface area (Å²) in [5, 5.41) is 40.1. The third kappa shape index (κ3) is 32.3. The van der Waals surface area contributed by atoms with Crippen molar-refractivity contribution in [2.45, 2.75) is 224 Å². The van der Waals surface area contributed by atoms with Crippen LogP contribution in [0.5, 0.6) is 0 Å². The Balaban J connectivity index is 2.16. The molecule has 9 heteroatoms. The van der Waals surface area contributed by atoms with Crippen LogP contribution in [0.3, 0.4) is 0 Å². The number of aliphatic hydroxyl groups excluding tert-OH is 4. The normalized spacial score (nSPS) is 20.7. The number of unbranched alkanes of at least 4 members (excludes halogenated alkanes) is 19. The van der Waals surface area contributed by atoms with Crippen LogP contribution in [0.4, 0.5) is 0 Å². The van der Waals surface area contributed by atoms with Gasteiger partial charge in [-0.15, -0.1) is 0 Å². The summed E-state index contributed by atoms with van der Waals surface area (Å²) < 4.78 is 22.8. The van der Waals surface area contributed by atoms with Crippen LogP contribution in [0.15, 0.2) is 60.8 Å². The molecule has 0 aromatic rings. The third-order valence-electron chi connectivity index (χ3n) is 10.7. The quantitative estimate of drug-likeness (QED) is 0.0270. The molecular formula is C50H88O9. The van der Waals surface area contributed by atoms with E-state index in [0.29, 0.717) is 13.0 Å². The van der Waals surface area contributed by atoms with Crippen molar-refractivity contribution >= 4 is 5.97 Å². The molecule has 4 N–H and O–H groups in total. The number of rotatable bonds is 40. The Morgan fingerprint density at radius 3 is 1.56 bits per heavy atom. The zero-order valence-electron chi connectivity index (χ0n) is 37.5. The molecule has 0 aliphatic carbocycles. The highest BCUT2D eigenvalue weighted by Crippen LogP contribution is 2.22. The van der Waals surface area contributed by atoms with Gasteiger partial charge in [-0.05, 0) is 57.8 Å². The second kappa shape index (κ2) is 41.3. The SMILES string of the molecule is CC/C=C\C/C=C\C/C=C\C/C=C\C/C=C\CCCCCCCCCCCCOCC(COC1OC(CO)C(O)C(O)C1O)OC(=O)CCCCCCCCCCCC. The van der Waals surface area contributed by atoms with Crippen LogP contribution < -0.4 is 0 Å². The molecule has 0 radical (unpaired) electrons. The summed E-state index contributed by atoms with van der Waals surface area (Å²) in [6.45, 7) is 4.42. The molecule has 0 spiro atoms. The van der Waals surface area contributed by atoms with Gasteiger partial charge in [-0.1, -0.05) is 184 Å². The van der Waals surface area contributed by atoms with E-state index in [4.69, 9.17) is 18.9 Å². The topological polar surface area (TPSA) is 135 Å². The molecule has 6 atom stereocenters. The maximum Gasteiger partial charge on any atom is 0.306 e. The zero-order chi connectivity index (χ0) is 42.9. The van der Waals surface area contributed by atoms with E-state index in [0.717, 1.165) is 64.2 Å². The van der Waals surface area contributed by atoms with Gasteiger partial charge in [0.25, 0.3) is 0 Å². The molecule has 1 aliphatic heterocycles. The monoisotopic (exact) mass is 833 g/mol. The standard InChI is InChI=1S/C50H88O9/c1-3-5-7-9-11-13-15-16-17-18-19-20-21-22-23-24-25-26-27-28-29-30-32-34-36-38-40-56-42-44(43-57-50-49(55)48(54)47(53)45(41-51)59-50)58-46(52)39-37-35-33-31-14-12-10-8-6-4-2/h5,7,11,13,16-17,19-20,22-23,44-45,47-51,53-55H,3-4,6,8-10,12,14-15,18,21,24-43H2,1-2H3/b7-5-,13-11-,17-16-,20-19-,23-22-. The van der Waals surface area contributed by atoms with Gasteiger partial charge in [0.05, 0.1) is 19.8 Å². The number of carbonyl (C=O) groups is 1. The Morgan fingerprint density at radius 2 is 1.03 bits per heavy atom. The van der Waals surface area contributed by atoms with Crippen molar-refractivity contribution in [2.75, 3.05) is 26.4 Å². The summed E-state index contributed by atoms with van der Waals surface area (Å²) in [5.74, 6) is -0.319. The average molecular weight is 833 g/mol. The van der Waals surface area contributed by atoms with Crippen molar-refractivity contribution in [3.05, 3.63) is 60.8 Å². The first-order valence-corrected chi connectivity index (χ1v) is 23.9. The number of esters is 1. The lowest BCUT2D eigenvalue weighted by Gasteiger charge is -2.39. The Kier molecular flexibility index (Phi) is 38.4. The lowest BCUT2D eigenvalue weighted by molar-refractivity contribution is -0.305. The maximum absolute atomic E-state index is 12.7. The van der Waals surface area contributed by atoms with Gasteiger partial charge in [0.15, 0.2) is 6.29 Å². The van der Waals surface area contributed by atoms with Crippen LogP contribution in [0.1, 0.15) is 187 Å². The summed E-state index contributed by atoms with van der Waals surface area (Å²) in [4.78, 5) is 12.7. The molecule has 1 fully saturated rings. The predicted molar refractivity (Wildman–Crippen MR) is 242 cm³/mol. The number of allylic oxidation sites excluding steroid dienone is 10. The number of aliphatic hydroxyl groups is 4. The molecular weight excluding hydrogens is 745 g/mol. The highest BCUT2D eigenvalue weighted by Gasteiger charge is 2.44. The summed E-state index contributed by atoms with van der Waals surface area (Å²) in [6, 6.07) is 0. The van der Waals surface area contributed by atoms with Gasteiger partial charge in [0, 0.05) is 13.0 Å². The van der Waals surface area contributed by atoms with Crippen molar-refractivity contribution in [1.29, 1.82) is 0 Å². The Morgan fingerprint density at radius 1 is 0.559 bits per heavy atom. The molecule has 1 heterocycles. The molecule has 1 saturated heterocycles. The molecule has 6 unspecified atom stereocenters. The first kappa shape index (κ1) is 54.9. The highest BCUT2D eigenvalue weighted by molar-refractivity contribution is 5.69. The van der Waals surface area contributed by atoms with Crippen LogP contribution in [0.2, 0.25) is 0 Å². The fourth-order valence-corrected chi connectivity index (χ4v) is 6.99. The van der Waals surface area contributed by atoms with E-state index in [2.05, 4.69) is 74.6 Å². The number of hydrogen-bond acceptors (Lipinski definition) is 9. The number of hydrogen-bond donors (Lipinski definition) is 4. The van der Waals surface area contributed by atoms with Crippen molar-refractivity contribution in [2.24, 2.45) is 0 Å². The van der Waals surface area contributed by atoms with E-state index in [-0.39, 0.29) is 19.2 Å². The first-order chi connectivity index (χ1) is 28.9. The first-order valence-electron chi connectivity index (χ1n) is 23.9. The average Bonchev–Trinajstić information content (AvgIpc) is 3.24. The molecule has 0 amide bonds. The Hall–Kier alpha value is -2.11. The molecule has 1 aliphatic rings. The van der Waals surface area contributed by atoms with Crippen molar-refractivity contribution in [3.8, 4) is 0 Å². The maximum atomic E-state index is 12.7. The summed E-state index contributed by atoms with van der Waals surface area (Å²) in [7, 11) is 0. The van der Waals surface area contributed by atoms with Crippen LogP contribution in [-0.2, 0) is 23.7 Å². The van der Waals surface area contributed by atoms with E-state index in [9.17, 15) is 25.2 Å². The lowest BCUT2D eigenvalue weighted by Crippen LogP contribution is -2.59. The van der Waals surface area contributed by atoms with Gasteiger partial charge in [0.1, 0.15) is 30.5 Å². The zero-order valence-corrected chi connectivity index (χ0v) is 37.5. The fraction of sp³-hybridized carbons (Fsp3) is 0.780. The van der Waals surface area contributed by atoms with E-state index in [1.807, 2.05) is 0 Å². The van der Waals surface area contributed by atoms with E-state index in [1.165, 1.54) is 103 Å². The van der Waals surface area contributed by atoms with Crippen LogP contribution in [0, 0.1) is 0 Å². The number of ether oxygens (including phenoxy) is 4. The molecule has 0 bridgehead atoms. The molecule has 0 aromatic heterocycles. The van der Waals surface area contributed by atoms with E-state index >= 15 is 0 Å². The highest BCUT2D eigenvalue weighted by atomic mass is 16.7. The van der Waals surface area contributed by atoms with E-state index < -0.39 is 43.4 Å². The minimum atomic E-state index is -1.54. The van der Waals surface area contributed by atoms with Gasteiger partial charge in [-0.3, -0.25) is 4.79 Å². The van der Waals surface area contributed by atoms with Crippen LogP contribution >= 0.6 is 0 Å². The number of carbonyl (C=O) groups excluding carboxylic acids is 1. The molecule has 0 saturated carbocycles. The van der Waals surface area contributed by atoms with Crippen LogP contribution in [0.25, 0.3) is 0 Å². The summed E-state index contributed by atoms with van der Waals surface area (Å²) in [6.07, 6.45) is 45.4. The second-order valence-electron chi connectivity index (χ2n) is 16.2. The second-order valence-corrected chi connectivity index (χ2v) is 16.2. The smallest absolute Gasteiger partial charge is 0.306 e. The van der Waals surface area contributed by atoms with Gasteiger partial charge in [-0.2, -0.15) is 0 Å². The van der Waals surface area contributed by atoms with Crippen LogP contribution in [-0.4, -0.2) is 89.6 Å². The largest absolute Gasteiger partial charge is 0.457 e. The van der Waals surface area contributed by atoms with Gasteiger partial charge < -0.3 is 39.4 Å². The third-order valence-corrected chi connectivity index (χ3v) is 10.7. The van der Waals surface area contributed by atoms with Gasteiger partial charge >= 0.3 is 5.97 Å². The predicted octanol–water partition coefficient (Wildman–Crippen LogP) is 11.1. The molecule has 342 valence electrons. The summed E-state index contributed by atoms with van der Waals surface area (Å²) in [5.41, 5.74) is 0. The minimum absolute atomic E-state index is 0.115. The van der Waals surface area contributed by atoms with Crippen molar-refractivity contribution in [1.82, 2.24) is 0 Å². The lowest BCUT2D eigenvalue weighted by atomic mass is 9.99. The molecule has 9 nitrogen and oxygen atoms in total. The molecule has 1 rings (SSSR count).